The Kier molecular flexibility index (Phi) is 5.22. The molecule has 1 N–H and O–H groups in total. The van der Waals surface area contributed by atoms with Crippen LogP contribution in [0.2, 0.25) is 5.02 Å². The Morgan fingerprint density at radius 1 is 1.12 bits per heavy atom. The average Bonchev–Trinajstić information content (AvgIpc) is 3.30. The number of nitrogens with zero attached hydrogens (tertiary/aromatic N) is 3. The van der Waals surface area contributed by atoms with Gasteiger partial charge in [0, 0.05) is 22.7 Å². The Morgan fingerprint density at radius 2 is 1.91 bits per heavy atom. The first kappa shape index (κ1) is 21.6. The molecule has 2 aromatic heterocycles. The summed E-state index contributed by atoms with van der Waals surface area (Å²) in [5.41, 5.74) is 1.78. The molecule has 168 valence electrons. The van der Waals surface area contributed by atoms with E-state index < -0.39 is 15.4 Å². The molecule has 1 unspecified atom stereocenters. The zero-order valence-electron chi connectivity index (χ0n) is 17.8. The van der Waals surface area contributed by atoms with Crippen LogP contribution in [0.3, 0.4) is 0 Å². The molecule has 9 heteroatoms. The third-order valence-corrected chi connectivity index (χ3v) is 8.09. The van der Waals surface area contributed by atoms with Crippen LogP contribution in [0.25, 0.3) is 28.0 Å². The maximum atomic E-state index is 13.1. The number of benzene rings is 2. The van der Waals surface area contributed by atoms with Gasteiger partial charge < -0.3 is 5.32 Å². The van der Waals surface area contributed by atoms with Crippen LogP contribution in [0.1, 0.15) is 23.7 Å². The molecule has 1 aliphatic rings. The summed E-state index contributed by atoms with van der Waals surface area (Å²) in [5.74, 6) is 0.296. The van der Waals surface area contributed by atoms with Gasteiger partial charge in [0.2, 0.25) is 0 Å². The standard InChI is InChI=1S/C24H21ClN4O3S/c1-24(11-13-33(31,32)15-24)27-23(30)16-9-10-18-20(14-16)29(21-8-4-5-12-26-21)28-22(18)17-6-2-3-7-19(17)25/h2-10,12,14H,11,13,15H2,1H3,(H,27,30). The van der Waals surface area contributed by atoms with Gasteiger partial charge in [-0.1, -0.05) is 35.9 Å². The number of carbonyl (C=O) groups excluding carboxylic acids is 1. The topological polar surface area (TPSA) is 93.9 Å². The summed E-state index contributed by atoms with van der Waals surface area (Å²) in [5, 5.41) is 9.09. The molecule has 0 bridgehead atoms. The number of fused-ring (bicyclic) bond motifs is 1. The predicted octanol–water partition coefficient (Wildman–Crippen LogP) is 4.05. The van der Waals surface area contributed by atoms with Crippen LogP contribution >= 0.6 is 11.6 Å². The third-order valence-electron chi connectivity index (χ3n) is 5.86. The summed E-state index contributed by atoms with van der Waals surface area (Å²) in [6.07, 6.45) is 2.07. The number of rotatable bonds is 4. The second kappa shape index (κ2) is 7.97. The lowest BCUT2D eigenvalue weighted by Crippen LogP contribution is -2.46. The highest BCUT2D eigenvalue weighted by molar-refractivity contribution is 7.91. The number of pyridine rings is 1. The van der Waals surface area contributed by atoms with Crippen LogP contribution < -0.4 is 5.32 Å². The summed E-state index contributed by atoms with van der Waals surface area (Å²) in [6, 6.07) is 18.3. The van der Waals surface area contributed by atoms with Gasteiger partial charge in [-0.2, -0.15) is 5.10 Å². The number of amides is 1. The van der Waals surface area contributed by atoms with Gasteiger partial charge in [0.15, 0.2) is 15.7 Å². The van der Waals surface area contributed by atoms with E-state index in [-0.39, 0.29) is 17.4 Å². The van der Waals surface area contributed by atoms with Crippen molar-refractivity contribution in [2.75, 3.05) is 11.5 Å². The van der Waals surface area contributed by atoms with Crippen molar-refractivity contribution in [1.29, 1.82) is 0 Å². The van der Waals surface area contributed by atoms with Gasteiger partial charge in [0.05, 0.1) is 27.6 Å². The van der Waals surface area contributed by atoms with Crippen molar-refractivity contribution in [3.8, 4) is 17.1 Å². The van der Waals surface area contributed by atoms with E-state index in [2.05, 4.69) is 10.3 Å². The molecule has 3 heterocycles. The number of carbonyl (C=O) groups is 1. The van der Waals surface area contributed by atoms with Gasteiger partial charge in [-0.3, -0.25) is 4.79 Å². The van der Waals surface area contributed by atoms with Crippen molar-refractivity contribution >= 4 is 38.2 Å². The van der Waals surface area contributed by atoms with Gasteiger partial charge >= 0.3 is 0 Å². The SMILES string of the molecule is CC1(NC(=O)c2ccc3c(-c4ccccc4Cl)nn(-c4ccccn4)c3c2)CCS(=O)(=O)C1. The number of aromatic nitrogens is 3. The fourth-order valence-corrected chi connectivity index (χ4v) is 6.54. The molecular formula is C24H21ClN4O3S. The van der Waals surface area contributed by atoms with E-state index in [1.807, 2.05) is 42.5 Å². The summed E-state index contributed by atoms with van der Waals surface area (Å²) in [6.45, 7) is 1.77. The highest BCUT2D eigenvalue weighted by atomic mass is 35.5. The van der Waals surface area contributed by atoms with Crippen molar-refractivity contribution in [1.82, 2.24) is 20.1 Å². The molecule has 1 fully saturated rings. The van der Waals surface area contributed by atoms with Crippen LogP contribution in [-0.4, -0.2) is 46.1 Å². The number of halogens is 1. The van der Waals surface area contributed by atoms with E-state index in [0.717, 1.165) is 10.9 Å². The number of sulfone groups is 1. The van der Waals surface area contributed by atoms with Gasteiger partial charge in [0.25, 0.3) is 5.91 Å². The molecular weight excluding hydrogens is 460 g/mol. The lowest BCUT2D eigenvalue weighted by molar-refractivity contribution is 0.0915. The van der Waals surface area contributed by atoms with Crippen LogP contribution in [0.5, 0.6) is 0 Å². The Balaban J connectivity index is 1.61. The Labute approximate surface area is 196 Å². The van der Waals surface area contributed by atoms with Gasteiger partial charge in [0.1, 0.15) is 5.69 Å². The normalized spacial score (nSPS) is 19.6. The molecule has 1 aliphatic heterocycles. The van der Waals surface area contributed by atoms with Crippen molar-refractivity contribution in [2.45, 2.75) is 18.9 Å². The van der Waals surface area contributed by atoms with Crippen LogP contribution in [0, 0.1) is 0 Å². The largest absolute Gasteiger partial charge is 0.346 e. The second-order valence-corrected chi connectivity index (χ2v) is 11.1. The lowest BCUT2D eigenvalue weighted by atomic mass is 10.0. The lowest BCUT2D eigenvalue weighted by Gasteiger charge is -2.23. The first-order valence-electron chi connectivity index (χ1n) is 10.5. The summed E-state index contributed by atoms with van der Waals surface area (Å²) in [4.78, 5) is 17.5. The number of hydrogen-bond acceptors (Lipinski definition) is 5. The molecule has 2 aromatic carbocycles. The molecule has 4 aromatic rings. The average molecular weight is 481 g/mol. The fraction of sp³-hybridized carbons (Fsp3) is 0.208. The maximum absolute atomic E-state index is 13.1. The highest BCUT2D eigenvalue weighted by Crippen LogP contribution is 2.34. The minimum atomic E-state index is -3.14. The Morgan fingerprint density at radius 3 is 2.61 bits per heavy atom. The number of nitrogens with one attached hydrogen (secondary N) is 1. The van der Waals surface area contributed by atoms with E-state index in [0.29, 0.717) is 34.0 Å². The molecule has 33 heavy (non-hydrogen) atoms. The monoisotopic (exact) mass is 480 g/mol. The van der Waals surface area contributed by atoms with E-state index in [1.165, 1.54) is 0 Å². The Bertz CT molecular complexity index is 1480. The van der Waals surface area contributed by atoms with Gasteiger partial charge in [-0.25, -0.2) is 18.1 Å². The molecule has 1 atom stereocenters. The molecule has 1 saturated heterocycles. The number of hydrogen-bond donors (Lipinski definition) is 1. The quantitative estimate of drug-likeness (QED) is 0.475. The smallest absolute Gasteiger partial charge is 0.251 e. The van der Waals surface area contributed by atoms with Gasteiger partial charge in [-0.15, -0.1) is 0 Å². The summed E-state index contributed by atoms with van der Waals surface area (Å²) in [7, 11) is -3.14. The van der Waals surface area contributed by atoms with E-state index in [1.54, 1.807) is 36.0 Å². The zero-order valence-corrected chi connectivity index (χ0v) is 19.4. The minimum absolute atomic E-state index is 0.0590. The molecule has 0 aliphatic carbocycles. The van der Waals surface area contributed by atoms with Crippen LogP contribution in [0.15, 0.2) is 66.9 Å². The fourth-order valence-electron chi connectivity index (χ4n) is 4.22. The van der Waals surface area contributed by atoms with Crippen molar-refractivity contribution in [3.05, 3.63) is 77.4 Å². The zero-order chi connectivity index (χ0) is 23.2. The molecule has 0 saturated carbocycles. The van der Waals surface area contributed by atoms with E-state index >= 15 is 0 Å². The molecule has 0 spiro atoms. The van der Waals surface area contributed by atoms with Crippen LogP contribution in [-0.2, 0) is 9.84 Å². The molecule has 1 amide bonds. The molecule has 7 nitrogen and oxygen atoms in total. The van der Waals surface area contributed by atoms with Crippen molar-refractivity contribution < 1.29 is 13.2 Å². The minimum Gasteiger partial charge on any atom is -0.346 e. The van der Waals surface area contributed by atoms with Crippen molar-refractivity contribution in [2.24, 2.45) is 0 Å². The molecule has 0 radical (unpaired) electrons. The summed E-state index contributed by atoms with van der Waals surface area (Å²) >= 11 is 6.45. The van der Waals surface area contributed by atoms with Crippen LogP contribution in [0.4, 0.5) is 0 Å². The first-order chi connectivity index (χ1) is 15.7. The van der Waals surface area contributed by atoms with Crippen molar-refractivity contribution in [3.63, 3.8) is 0 Å². The first-order valence-corrected chi connectivity index (χ1v) is 12.7. The predicted molar refractivity (Wildman–Crippen MR) is 128 cm³/mol. The highest BCUT2D eigenvalue weighted by Gasteiger charge is 2.39. The third kappa shape index (κ3) is 4.12. The Hall–Kier alpha value is -3.23. The van der Waals surface area contributed by atoms with E-state index in [4.69, 9.17) is 16.7 Å². The maximum Gasteiger partial charge on any atom is 0.251 e. The van der Waals surface area contributed by atoms with E-state index in [9.17, 15) is 13.2 Å². The van der Waals surface area contributed by atoms with Gasteiger partial charge in [-0.05, 0) is 49.7 Å². The second-order valence-electron chi connectivity index (χ2n) is 8.52. The summed E-state index contributed by atoms with van der Waals surface area (Å²) < 4.78 is 25.5. The molecule has 5 rings (SSSR count).